The van der Waals surface area contributed by atoms with E-state index in [0.717, 1.165) is 4.68 Å². The Kier molecular flexibility index (Phi) is 5.34. The standard InChI is InChI=1S/C10H13N5O3/c11-1-3-13-9(16)7-15-10(17)5-8(6-14-15)18-4-2-12/h5-6H,2-4,7,12H2,(H,13,16). The molecule has 1 aromatic heterocycles. The zero-order valence-corrected chi connectivity index (χ0v) is 9.63. The zero-order chi connectivity index (χ0) is 13.4. The van der Waals surface area contributed by atoms with Crippen LogP contribution < -0.4 is 21.3 Å². The number of rotatable bonds is 6. The fourth-order valence-corrected chi connectivity index (χ4v) is 1.12. The van der Waals surface area contributed by atoms with Crippen LogP contribution in [0.1, 0.15) is 0 Å². The number of nitriles is 1. The van der Waals surface area contributed by atoms with Crippen LogP contribution in [0.25, 0.3) is 0 Å². The number of nitrogens with zero attached hydrogens (tertiary/aromatic N) is 3. The molecule has 1 amide bonds. The van der Waals surface area contributed by atoms with Crippen LogP contribution >= 0.6 is 0 Å². The van der Waals surface area contributed by atoms with Gasteiger partial charge in [-0.25, -0.2) is 4.68 Å². The van der Waals surface area contributed by atoms with Gasteiger partial charge in [-0.05, 0) is 0 Å². The predicted octanol–water partition coefficient (Wildman–Crippen LogP) is -1.78. The first-order valence-electron chi connectivity index (χ1n) is 5.21. The van der Waals surface area contributed by atoms with Crippen molar-refractivity contribution in [3.05, 3.63) is 22.6 Å². The Labute approximate surface area is 103 Å². The Hall–Kier alpha value is -2.40. The first kappa shape index (κ1) is 13.7. The number of nitrogens with one attached hydrogen (secondary N) is 1. The molecule has 8 nitrogen and oxygen atoms in total. The molecule has 0 bridgehead atoms. The molecule has 0 fully saturated rings. The van der Waals surface area contributed by atoms with Gasteiger partial charge in [0, 0.05) is 12.6 Å². The molecule has 0 aliphatic rings. The average Bonchev–Trinajstić information content (AvgIpc) is 2.36. The third-order valence-electron chi connectivity index (χ3n) is 1.89. The van der Waals surface area contributed by atoms with E-state index < -0.39 is 11.5 Å². The van der Waals surface area contributed by atoms with Crippen molar-refractivity contribution in [3.8, 4) is 11.8 Å². The van der Waals surface area contributed by atoms with E-state index in [1.54, 1.807) is 6.07 Å². The highest BCUT2D eigenvalue weighted by molar-refractivity contribution is 5.75. The molecule has 96 valence electrons. The maximum Gasteiger partial charge on any atom is 0.270 e. The second-order valence-corrected chi connectivity index (χ2v) is 3.26. The maximum atomic E-state index is 11.6. The largest absolute Gasteiger partial charge is 0.490 e. The Balaban J connectivity index is 2.65. The summed E-state index contributed by atoms with van der Waals surface area (Å²) in [6.07, 6.45) is 1.33. The normalized spacial score (nSPS) is 9.56. The number of ether oxygens (including phenoxy) is 1. The SMILES string of the molecule is N#CCNC(=O)Cn1ncc(OCCN)cc1=O. The van der Waals surface area contributed by atoms with E-state index >= 15 is 0 Å². The summed E-state index contributed by atoms with van der Waals surface area (Å²) in [5.41, 5.74) is 4.79. The lowest BCUT2D eigenvalue weighted by molar-refractivity contribution is -0.121. The van der Waals surface area contributed by atoms with Crippen molar-refractivity contribution in [3.63, 3.8) is 0 Å². The molecular weight excluding hydrogens is 238 g/mol. The summed E-state index contributed by atoms with van der Waals surface area (Å²) in [6.45, 7) is 0.274. The summed E-state index contributed by atoms with van der Waals surface area (Å²) in [4.78, 5) is 22.8. The molecule has 0 unspecified atom stereocenters. The molecular formula is C10H13N5O3. The van der Waals surface area contributed by atoms with Crippen molar-refractivity contribution in [1.29, 1.82) is 5.26 Å². The molecule has 0 spiro atoms. The van der Waals surface area contributed by atoms with Crippen LogP contribution in [-0.2, 0) is 11.3 Å². The molecule has 0 aliphatic carbocycles. The molecule has 0 aromatic carbocycles. The van der Waals surface area contributed by atoms with E-state index in [1.807, 2.05) is 0 Å². The average molecular weight is 251 g/mol. The number of amides is 1. The third-order valence-corrected chi connectivity index (χ3v) is 1.89. The smallest absolute Gasteiger partial charge is 0.270 e. The number of hydrogen-bond acceptors (Lipinski definition) is 6. The molecule has 0 radical (unpaired) electrons. The van der Waals surface area contributed by atoms with E-state index in [0.29, 0.717) is 12.3 Å². The molecule has 1 aromatic rings. The fourth-order valence-electron chi connectivity index (χ4n) is 1.12. The second kappa shape index (κ2) is 7.03. The van der Waals surface area contributed by atoms with Gasteiger partial charge >= 0.3 is 0 Å². The van der Waals surface area contributed by atoms with Gasteiger partial charge in [-0.1, -0.05) is 0 Å². The Morgan fingerprint density at radius 1 is 1.67 bits per heavy atom. The maximum absolute atomic E-state index is 11.6. The molecule has 0 saturated heterocycles. The number of aromatic nitrogens is 2. The first-order chi connectivity index (χ1) is 8.67. The molecule has 8 heteroatoms. The third kappa shape index (κ3) is 4.23. The summed E-state index contributed by atoms with van der Waals surface area (Å²) in [6, 6.07) is 2.98. The van der Waals surface area contributed by atoms with Gasteiger partial charge in [-0.3, -0.25) is 9.59 Å². The number of nitrogens with two attached hydrogens (primary N) is 1. The van der Waals surface area contributed by atoms with E-state index in [2.05, 4.69) is 10.4 Å². The van der Waals surface area contributed by atoms with Gasteiger partial charge in [0.25, 0.3) is 5.56 Å². The molecule has 18 heavy (non-hydrogen) atoms. The molecule has 1 rings (SSSR count). The van der Waals surface area contributed by atoms with Crippen LogP contribution in [0, 0.1) is 11.3 Å². The highest BCUT2D eigenvalue weighted by Gasteiger charge is 2.06. The Morgan fingerprint density at radius 2 is 2.44 bits per heavy atom. The van der Waals surface area contributed by atoms with Crippen LogP contribution in [0.4, 0.5) is 0 Å². The Morgan fingerprint density at radius 3 is 3.06 bits per heavy atom. The van der Waals surface area contributed by atoms with E-state index in [4.69, 9.17) is 15.7 Å². The fraction of sp³-hybridized carbons (Fsp3) is 0.400. The Bertz CT molecular complexity index is 505. The van der Waals surface area contributed by atoms with Gasteiger partial charge in [-0.15, -0.1) is 0 Å². The van der Waals surface area contributed by atoms with Gasteiger partial charge in [0.15, 0.2) is 0 Å². The summed E-state index contributed by atoms with van der Waals surface area (Å²) in [5.74, 6) is -0.152. The van der Waals surface area contributed by atoms with Crippen LogP contribution in [0.5, 0.6) is 5.75 Å². The summed E-state index contributed by atoms with van der Waals surface area (Å²) < 4.78 is 6.09. The van der Waals surface area contributed by atoms with Crippen molar-refractivity contribution in [2.75, 3.05) is 19.7 Å². The first-order valence-corrected chi connectivity index (χ1v) is 5.21. The second-order valence-electron chi connectivity index (χ2n) is 3.26. The van der Waals surface area contributed by atoms with Crippen molar-refractivity contribution in [1.82, 2.24) is 15.1 Å². The molecule has 3 N–H and O–H groups in total. The minimum Gasteiger partial charge on any atom is -0.490 e. The highest BCUT2D eigenvalue weighted by Crippen LogP contribution is 2.02. The van der Waals surface area contributed by atoms with Crippen LogP contribution in [0.2, 0.25) is 0 Å². The van der Waals surface area contributed by atoms with Gasteiger partial charge in [0.2, 0.25) is 5.91 Å². The zero-order valence-electron chi connectivity index (χ0n) is 9.63. The number of carbonyl (C=O) groups is 1. The summed E-state index contributed by atoms with van der Waals surface area (Å²) in [5, 5.41) is 14.4. The molecule has 1 heterocycles. The lowest BCUT2D eigenvalue weighted by atomic mass is 10.5. The lowest BCUT2D eigenvalue weighted by Gasteiger charge is -2.06. The van der Waals surface area contributed by atoms with E-state index in [-0.39, 0.29) is 19.7 Å². The van der Waals surface area contributed by atoms with E-state index in [1.165, 1.54) is 12.3 Å². The van der Waals surface area contributed by atoms with Crippen molar-refractivity contribution < 1.29 is 9.53 Å². The van der Waals surface area contributed by atoms with Gasteiger partial charge in [0.1, 0.15) is 25.4 Å². The van der Waals surface area contributed by atoms with Crippen molar-refractivity contribution >= 4 is 5.91 Å². The van der Waals surface area contributed by atoms with Crippen molar-refractivity contribution in [2.24, 2.45) is 5.73 Å². The minimum atomic E-state index is -0.461. The summed E-state index contributed by atoms with van der Waals surface area (Å²) >= 11 is 0. The predicted molar refractivity (Wildman–Crippen MR) is 61.7 cm³/mol. The lowest BCUT2D eigenvalue weighted by Crippen LogP contribution is -2.33. The van der Waals surface area contributed by atoms with Crippen LogP contribution in [0.3, 0.4) is 0 Å². The topological polar surface area (TPSA) is 123 Å². The monoisotopic (exact) mass is 251 g/mol. The van der Waals surface area contributed by atoms with Gasteiger partial charge in [-0.2, -0.15) is 10.4 Å². The van der Waals surface area contributed by atoms with Crippen LogP contribution in [0.15, 0.2) is 17.1 Å². The van der Waals surface area contributed by atoms with Gasteiger partial charge < -0.3 is 15.8 Å². The quantitative estimate of drug-likeness (QED) is 0.576. The molecule has 0 saturated carbocycles. The molecule has 0 aliphatic heterocycles. The highest BCUT2D eigenvalue weighted by atomic mass is 16.5. The minimum absolute atomic E-state index is 0.106. The molecule has 0 atom stereocenters. The van der Waals surface area contributed by atoms with Gasteiger partial charge in [0.05, 0.1) is 12.3 Å². The number of carbonyl (C=O) groups excluding carboxylic acids is 1. The van der Waals surface area contributed by atoms with Crippen molar-refractivity contribution in [2.45, 2.75) is 6.54 Å². The number of hydrogen-bond donors (Lipinski definition) is 2. The summed E-state index contributed by atoms with van der Waals surface area (Å²) in [7, 11) is 0. The van der Waals surface area contributed by atoms with Crippen LogP contribution in [-0.4, -0.2) is 35.4 Å². The van der Waals surface area contributed by atoms with E-state index in [9.17, 15) is 9.59 Å².